The summed E-state index contributed by atoms with van der Waals surface area (Å²) in [6.07, 6.45) is 1.50. The molecule has 2 atom stereocenters. The van der Waals surface area contributed by atoms with Gasteiger partial charge in [-0.1, -0.05) is 34.1 Å². The molecule has 5 nitrogen and oxygen atoms in total. The Morgan fingerprint density at radius 2 is 1.83 bits per heavy atom. The number of hydrogen-bond acceptors (Lipinski definition) is 2. The van der Waals surface area contributed by atoms with Gasteiger partial charge in [-0.2, -0.15) is 0 Å². The summed E-state index contributed by atoms with van der Waals surface area (Å²) in [4.78, 5) is 22.3. The average Bonchev–Trinajstić information content (AvgIpc) is 2.25. The molecule has 0 aromatic carbocycles. The summed E-state index contributed by atoms with van der Waals surface area (Å²) in [5.41, 5.74) is 0. The molecule has 18 heavy (non-hydrogen) atoms. The van der Waals surface area contributed by atoms with Crippen LogP contribution in [0.5, 0.6) is 0 Å². The molecule has 0 radical (unpaired) electrons. The third-order valence-corrected chi connectivity index (χ3v) is 3.12. The molecule has 5 heteroatoms. The molecule has 0 fully saturated rings. The largest absolute Gasteiger partial charge is 0.481 e. The molecule has 0 aliphatic heterocycles. The number of amides is 2. The van der Waals surface area contributed by atoms with Crippen molar-refractivity contribution in [3.63, 3.8) is 0 Å². The first-order valence-corrected chi connectivity index (χ1v) is 6.62. The van der Waals surface area contributed by atoms with Gasteiger partial charge in [-0.25, -0.2) is 4.79 Å². The maximum absolute atomic E-state index is 11.6. The number of carbonyl (C=O) groups is 2. The molecule has 0 heterocycles. The summed E-state index contributed by atoms with van der Waals surface area (Å²) < 4.78 is 0. The van der Waals surface area contributed by atoms with Crippen molar-refractivity contribution < 1.29 is 14.7 Å². The van der Waals surface area contributed by atoms with E-state index >= 15 is 0 Å². The quantitative estimate of drug-likeness (QED) is 0.624. The van der Waals surface area contributed by atoms with E-state index in [1.807, 2.05) is 6.92 Å². The van der Waals surface area contributed by atoms with Gasteiger partial charge in [0.15, 0.2) is 0 Å². The van der Waals surface area contributed by atoms with Crippen LogP contribution in [0.3, 0.4) is 0 Å². The molecule has 0 saturated heterocycles. The van der Waals surface area contributed by atoms with Crippen molar-refractivity contribution in [2.75, 3.05) is 6.54 Å². The fraction of sp³-hybridized carbons (Fsp3) is 0.846. The van der Waals surface area contributed by atoms with Gasteiger partial charge in [0, 0.05) is 12.6 Å². The second-order valence-electron chi connectivity index (χ2n) is 5.16. The third kappa shape index (κ3) is 7.92. The Balaban J connectivity index is 4.05. The molecule has 2 amide bonds. The van der Waals surface area contributed by atoms with Gasteiger partial charge in [0.1, 0.15) is 0 Å². The first kappa shape index (κ1) is 16.7. The SMILES string of the molecule is CCCC(CC(=O)O)NC(=O)NCC(C)C(C)C. The van der Waals surface area contributed by atoms with Gasteiger partial charge >= 0.3 is 12.0 Å². The van der Waals surface area contributed by atoms with Crippen LogP contribution in [0.25, 0.3) is 0 Å². The average molecular weight is 258 g/mol. The van der Waals surface area contributed by atoms with Crippen LogP contribution in [0.4, 0.5) is 4.79 Å². The zero-order valence-corrected chi connectivity index (χ0v) is 11.8. The van der Waals surface area contributed by atoms with Crippen molar-refractivity contribution in [2.24, 2.45) is 11.8 Å². The van der Waals surface area contributed by atoms with Crippen LogP contribution in [-0.4, -0.2) is 29.7 Å². The van der Waals surface area contributed by atoms with Crippen molar-refractivity contribution in [3.8, 4) is 0 Å². The molecule has 0 saturated carbocycles. The molecule has 0 aliphatic rings. The lowest BCUT2D eigenvalue weighted by Gasteiger charge is -2.19. The van der Waals surface area contributed by atoms with Gasteiger partial charge in [-0.15, -0.1) is 0 Å². The number of aliphatic carboxylic acids is 1. The van der Waals surface area contributed by atoms with E-state index in [2.05, 4.69) is 31.4 Å². The molecular weight excluding hydrogens is 232 g/mol. The van der Waals surface area contributed by atoms with Crippen LogP contribution < -0.4 is 10.6 Å². The minimum atomic E-state index is -0.885. The monoisotopic (exact) mass is 258 g/mol. The Hall–Kier alpha value is -1.26. The first-order valence-electron chi connectivity index (χ1n) is 6.62. The molecule has 106 valence electrons. The lowest BCUT2D eigenvalue weighted by Crippen LogP contribution is -2.44. The number of rotatable bonds is 8. The van der Waals surface area contributed by atoms with Crippen molar-refractivity contribution in [2.45, 2.75) is 53.0 Å². The van der Waals surface area contributed by atoms with E-state index in [0.717, 1.165) is 6.42 Å². The predicted molar refractivity (Wildman–Crippen MR) is 71.5 cm³/mol. The maximum atomic E-state index is 11.6. The van der Waals surface area contributed by atoms with E-state index < -0.39 is 5.97 Å². The Morgan fingerprint density at radius 3 is 2.28 bits per heavy atom. The second-order valence-corrected chi connectivity index (χ2v) is 5.16. The topological polar surface area (TPSA) is 78.4 Å². The summed E-state index contributed by atoms with van der Waals surface area (Å²) in [5.74, 6) is 0.0277. The van der Waals surface area contributed by atoms with E-state index in [1.54, 1.807) is 0 Å². The first-order chi connectivity index (χ1) is 8.36. The van der Waals surface area contributed by atoms with Crippen molar-refractivity contribution in [3.05, 3.63) is 0 Å². The zero-order valence-electron chi connectivity index (χ0n) is 11.8. The number of hydrogen-bond donors (Lipinski definition) is 3. The van der Waals surface area contributed by atoms with Crippen LogP contribution in [0.2, 0.25) is 0 Å². The van der Waals surface area contributed by atoms with E-state index in [4.69, 9.17) is 5.11 Å². The normalized spacial score (nSPS) is 14.1. The molecule has 0 aromatic heterocycles. The lowest BCUT2D eigenvalue weighted by molar-refractivity contribution is -0.137. The highest BCUT2D eigenvalue weighted by molar-refractivity contribution is 5.75. The van der Waals surface area contributed by atoms with E-state index in [1.165, 1.54) is 0 Å². The Bertz CT molecular complexity index is 267. The summed E-state index contributed by atoms with van der Waals surface area (Å²) in [6, 6.07) is -0.566. The summed E-state index contributed by atoms with van der Waals surface area (Å²) in [6.45, 7) is 8.86. The van der Waals surface area contributed by atoms with Crippen molar-refractivity contribution >= 4 is 12.0 Å². The minimum absolute atomic E-state index is 0.0268. The fourth-order valence-electron chi connectivity index (χ4n) is 1.51. The highest BCUT2D eigenvalue weighted by Gasteiger charge is 2.15. The van der Waals surface area contributed by atoms with Crippen LogP contribution in [0, 0.1) is 11.8 Å². The molecule has 3 N–H and O–H groups in total. The minimum Gasteiger partial charge on any atom is -0.481 e. The summed E-state index contributed by atoms with van der Waals surface area (Å²) in [5, 5.41) is 14.2. The van der Waals surface area contributed by atoms with Crippen LogP contribution in [0.1, 0.15) is 47.0 Å². The smallest absolute Gasteiger partial charge is 0.315 e. The fourth-order valence-corrected chi connectivity index (χ4v) is 1.51. The Kier molecular flexibility index (Phi) is 8.16. The molecule has 0 aliphatic carbocycles. The molecule has 0 bridgehead atoms. The molecular formula is C13H26N2O3. The Morgan fingerprint density at radius 1 is 1.22 bits per heavy atom. The zero-order chi connectivity index (χ0) is 14.1. The van der Waals surface area contributed by atoms with Crippen LogP contribution in [-0.2, 0) is 4.79 Å². The molecule has 2 unspecified atom stereocenters. The van der Waals surface area contributed by atoms with Gasteiger partial charge in [-0.3, -0.25) is 4.79 Å². The second kappa shape index (κ2) is 8.78. The van der Waals surface area contributed by atoms with Crippen molar-refractivity contribution in [1.82, 2.24) is 10.6 Å². The van der Waals surface area contributed by atoms with Gasteiger partial charge in [0.05, 0.1) is 6.42 Å². The highest BCUT2D eigenvalue weighted by Crippen LogP contribution is 2.07. The lowest BCUT2D eigenvalue weighted by atomic mass is 9.98. The van der Waals surface area contributed by atoms with E-state index in [-0.39, 0.29) is 18.5 Å². The third-order valence-electron chi connectivity index (χ3n) is 3.12. The van der Waals surface area contributed by atoms with Crippen molar-refractivity contribution in [1.29, 1.82) is 0 Å². The van der Waals surface area contributed by atoms with Gasteiger partial charge in [-0.05, 0) is 18.3 Å². The van der Waals surface area contributed by atoms with Gasteiger partial charge in [0.2, 0.25) is 0 Å². The van der Waals surface area contributed by atoms with Gasteiger partial charge < -0.3 is 15.7 Å². The highest BCUT2D eigenvalue weighted by atomic mass is 16.4. The molecule has 0 spiro atoms. The molecule has 0 rings (SSSR count). The maximum Gasteiger partial charge on any atom is 0.315 e. The summed E-state index contributed by atoms with van der Waals surface area (Å²) >= 11 is 0. The standard InChI is InChI=1S/C13H26N2O3/c1-5-6-11(7-12(16)17)15-13(18)14-8-10(4)9(2)3/h9-11H,5-8H2,1-4H3,(H,16,17)(H2,14,15,18). The van der Waals surface area contributed by atoms with E-state index in [0.29, 0.717) is 24.8 Å². The number of carbonyl (C=O) groups excluding carboxylic acids is 1. The molecule has 0 aromatic rings. The van der Waals surface area contributed by atoms with E-state index in [9.17, 15) is 9.59 Å². The number of carboxylic acid groups (broad SMARTS) is 1. The Labute approximate surface area is 109 Å². The number of urea groups is 1. The number of nitrogens with one attached hydrogen (secondary N) is 2. The van der Waals surface area contributed by atoms with Crippen LogP contribution in [0.15, 0.2) is 0 Å². The number of carboxylic acids is 1. The van der Waals surface area contributed by atoms with Crippen LogP contribution >= 0.6 is 0 Å². The summed E-state index contributed by atoms with van der Waals surface area (Å²) in [7, 11) is 0. The van der Waals surface area contributed by atoms with Gasteiger partial charge in [0.25, 0.3) is 0 Å². The predicted octanol–water partition coefficient (Wildman–Crippen LogP) is 2.22.